The first kappa shape index (κ1) is 27.9. The van der Waals surface area contributed by atoms with E-state index in [1.54, 1.807) is 30.3 Å². The van der Waals surface area contributed by atoms with Crippen molar-refractivity contribution in [1.29, 1.82) is 0 Å². The molecule has 37 heavy (non-hydrogen) atoms. The molecular formula is C23H17ClI2N4O5S2. The number of nitrogens with zero attached hydrogens (tertiary/aromatic N) is 2. The molecule has 2 N–H and O–H groups in total. The molecular weight excluding hydrogens is 766 g/mol. The second-order valence-corrected chi connectivity index (χ2v) is 12.7. The van der Waals surface area contributed by atoms with Crippen LogP contribution in [0.1, 0.15) is 15.9 Å². The number of hydrogen-bond donors (Lipinski definition) is 2. The summed E-state index contributed by atoms with van der Waals surface area (Å²) in [6.07, 6.45) is 0.149. The number of benzene rings is 3. The third kappa shape index (κ3) is 6.50. The van der Waals surface area contributed by atoms with Gasteiger partial charge in [0.1, 0.15) is 22.0 Å². The van der Waals surface area contributed by atoms with Gasteiger partial charge in [0.2, 0.25) is 0 Å². The molecule has 1 heterocycles. The molecule has 0 aliphatic carbocycles. The zero-order chi connectivity index (χ0) is 26.7. The Hall–Kier alpha value is -2.08. The van der Waals surface area contributed by atoms with Gasteiger partial charge in [-0.2, -0.15) is 8.75 Å². The first-order chi connectivity index (χ1) is 17.6. The van der Waals surface area contributed by atoms with Crippen molar-refractivity contribution in [2.45, 2.75) is 17.4 Å². The summed E-state index contributed by atoms with van der Waals surface area (Å²) in [4.78, 5) is 25.7. The molecule has 0 radical (unpaired) electrons. The van der Waals surface area contributed by atoms with Crippen molar-refractivity contribution >= 4 is 107 Å². The molecule has 0 unspecified atom stereocenters. The van der Waals surface area contributed by atoms with Crippen LogP contribution in [-0.4, -0.2) is 42.2 Å². The van der Waals surface area contributed by atoms with Gasteiger partial charge in [-0.1, -0.05) is 23.7 Å². The molecule has 9 nitrogen and oxygen atoms in total. The number of hydrogen-bond acceptors (Lipinski definition) is 8. The highest BCUT2D eigenvalue weighted by molar-refractivity contribution is 14.1. The number of carbonyl (C=O) groups is 2. The third-order valence-electron chi connectivity index (χ3n) is 5.22. The quantitative estimate of drug-likeness (QED) is 0.193. The van der Waals surface area contributed by atoms with E-state index in [4.69, 9.17) is 16.3 Å². The summed E-state index contributed by atoms with van der Waals surface area (Å²) in [5.74, 6) is -1.30. The van der Waals surface area contributed by atoms with Crippen LogP contribution in [0.25, 0.3) is 11.0 Å². The van der Waals surface area contributed by atoms with E-state index >= 15 is 0 Å². The van der Waals surface area contributed by atoms with Crippen molar-refractivity contribution in [2.75, 3.05) is 11.8 Å². The van der Waals surface area contributed by atoms with E-state index in [1.165, 1.54) is 25.3 Å². The molecule has 0 saturated carbocycles. The van der Waals surface area contributed by atoms with Crippen LogP contribution in [0, 0.1) is 7.14 Å². The van der Waals surface area contributed by atoms with Crippen LogP contribution in [0.15, 0.2) is 59.5 Å². The zero-order valence-electron chi connectivity index (χ0n) is 18.9. The number of esters is 1. The predicted octanol–water partition coefficient (Wildman–Crippen LogP) is 4.87. The Morgan fingerprint density at radius 3 is 2.62 bits per heavy atom. The summed E-state index contributed by atoms with van der Waals surface area (Å²) in [6.45, 7) is 0. The molecule has 0 aliphatic heterocycles. The van der Waals surface area contributed by atoms with Crippen LogP contribution >= 0.6 is 68.5 Å². The van der Waals surface area contributed by atoms with E-state index in [0.717, 1.165) is 20.9 Å². The molecule has 14 heteroatoms. The van der Waals surface area contributed by atoms with E-state index in [-0.39, 0.29) is 28.1 Å². The second kappa shape index (κ2) is 11.8. The van der Waals surface area contributed by atoms with E-state index in [9.17, 15) is 18.0 Å². The van der Waals surface area contributed by atoms with E-state index < -0.39 is 27.9 Å². The number of aromatic nitrogens is 2. The summed E-state index contributed by atoms with van der Waals surface area (Å²) in [6, 6.07) is 13.6. The smallest absolute Gasteiger partial charge is 0.328 e. The number of nitrogens with one attached hydrogen (secondary N) is 2. The molecule has 0 spiro atoms. The molecule has 1 aromatic heterocycles. The molecule has 192 valence electrons. The number of ether oxygens (including phenoxy) is 1. The van der Waals surface area contributed by atoms with Gasteiger partial charge in [-0.3, -0.25) is 9.52 Å². The minimum Gasteiger partial charge on any atom is -0.467 e. The molecule has 0 saturated heterocycles. The molecule has 1 amide bonds. The normalized spacial score (nSPS) is 12.2. The summed E-state index contributed by atoms with van der Waals surface area (Å²) >= 11 is 11.1. The number of rotatable bonds is 8. The number of amides is 1. The van der Waals surface area contributed by atoms with Crippen molar-refractivity contribution in [2.24, 2.45) is 0 Å². The number of fused-ring (bicyclic) bond motifs is 1. The third-order valence-corrected chi connectivity index (χ3v) is 9.38. The number of sulfonamides is 1. The van der Waals surface area contributed by atoms with Crippen LogP contribution in [0.4, 0.5) is 5.69 Å². The van der Waals surface area contributed by atoms with Crippen LogP contribution < -0.4 is 10.0 Å². The summed E-state index contributed by atoms with van der Waals surface area (Å²) < 4.78 is 43.6. The SMILES string of the molecule is COC(=O)[C@H](Cc1ccc(Cl)c(I)c1)NC(=O)c1ccc(I)cc1NS(=O)(=O)c1cccc2nsnc12. The predicted molar refractivity (Wildman–Crippen MR) is 159 cm³/mol. The highest BCUT2D eigenvalue weighted by Gasteiger charge is 2.26. The summed E-state index contributed by atoms with van der Waals surface area (Å²) in [7, 11) is -2.90. The maximum absolute atomic E-state index is 13.3. The lowest BCUT2D eigenvalue weighted by molar-refractivity contribution is -0.142. The van der Waals surface area contributed by atoms with Crippen LogP contribution in [0.5, 0.6) is 0 Å². The van der Waals surface area contributed by atoms with E-state index in [1.807, 2.05) is 28.7 Å². The lowest BCUT2D eigenvalue weighted by Gasteiger charge is -2.19. The fraction of sp³-hybridized carbons (Fsp3) is 0.130. The maximum atomic E-state index is 13.3. The molecule has 0 fully saturated rings. The summed E-state index contributed by atoms with van der Waals surface area (Å²) in [5.41, 5.74) is 1.53. The molecule has 0 bridgehead atoms. The first-order valence-electron chi connectivity index (χ1n) is 10.5. The molecule has 3 aromatic carbocycles. The second-order valence-electron chi connectivity index (χ2n) is 7.69. The Morgan fingerprint density at radius 2 is 1.89 bits per heavy atom. The van der Waals surface area contributed by atoms with Gasteiger partial charge in [0, 0.05) is 13.6 Å². The van der Waals surface area contributed by atoms with Crippen LogP contribution in [-0.2, 0) is 26.0 Å². The van der Waals surface area contributed by atoms with Gasteiger partial charge < -0.3 is 10.1 Å². The van der Waals surface area contributed by atoms with Crippen molar-refractivity contribution in [3.63, 3.8) is 0 Å². The summed E-state index contributed by atoms with van der Waals surface area (Å²) in [5, 5.41) is 3.24. The Labute approximate surface area is 249 Å². The van der Waals surface area contributed by atoms with Crippen molar-refractivity contribution in [3.05, 3.63) is 77.9 Å². The van der Waals surface area contributed by atoms with Gasteiger partial charge in [0.05, 0.1) is 35.1 Å². The lowest BCUT2D eigenvalue weighted by atomic mass is 10.0. The van der Waals surface area contributed by atoms with Gasteiger partial charge in [-0.25, -0.2) is 13.2 Å². The number of carbonyl (C=O) groups excluding carboxylic acids is 2. The van der Waals surface area contributed by atoms with Gasteiger partial charge in [-0.15, -0.1) is 0 Å². The average Bonchev–Trinajstić information content (AvgIpc) is 3.34. The maximum Gasteiger partial charge on any atom is 0.328 e. The molecule has 4 rings (SSSR count). The zero-order valence-corrected chi connectivity index (χ0v) is 25.6. The fourth-order valence-electron chi connectivity index (χ4n) is 3.47. The largest absolute Gasteiger partial charge is 0.467 e. The first-order valence-corrected chi connectivity index (χ1v) is 15.2. The van der Waals surface area contributed by atoms with Gasteiger partial charge in [-0.05, 0) is 93.2 Å². The van der Waals surface area contributed by atoms with Crippen LogP contribution in [0.2, 0.25) is 5.02 Å². The van der Waals surface area contributed by atoms with Gasteiger partial charge in [0.25, 0.3) is 15.9 Å². The Morgan fingerprint density at radius 1 is 1.11 bits per heavy atom. The number of anilines is 1. The van der Waals surface area contributed by atoms with Gasteiger partial charge in [0.15, 0.2) is 0 Å². The average molecular weight is 783 g/mol. The lowest BCUT2D eigenvalue weighted by Crippen LogP contribution is -2.43. The van der Waals surface area contributed by atoms with Gasteiger partial charge >= 0.3 is 5.97 Å². The van der Waals surface area contributed by atoms with Crippen molar-refractivity contribution in [3.8, 4) is 0 Å². The Balaban J connectivity index is 1.63. The minimum absolute atomic E-state index is 0.0344. The fourth-order valence-corrected chi connectivity index (χ4v) is 6.50. The topological polar surface area (TPSA) is 127 Å². The minimum atomic E-state index is -4.12. The molecule has 4 aromatic rings. The molecule has 0 aliphatic rings. The molecule has 1 atom stereocenters. The van der Waals surface area contributed by atoms with E-state index in [2.05, 4.69) is 41.4 Å². The highest BCUT2D eigenvalue weighted by atomic mass is 127. The monoisotopic (exact) mass is 782 g/mol. The van der Waals surface area contributed by atoms with Crippen molar-refractivity contribution < 1.29 is 22.7 Å². The number of halogens is 3. The highest BCUT2D eigenvalue weighted by Crippen LogP contribution is 2.27. The Bertz CT molecular complexity index is 1610. The van der Waals surface area contributed by atoms with E-state index in [0.29, 0.717) is 14.1 Å². The van der Waals surface area contributed by atoms with Crippen molar-refractivity contribution in [1.82, 2.24) is 14.1 Å². The number of methoxy groups -OCH3 is 1. The Kier molecular flexibility index (Phi) is 8.88. The standard InChI is InChI=1S/C23H17ClI2N4O5S2/c1-35-23(32)19(10-12-5-8-15(24)16(26)9-12)27-22(31)14-7-6-13(25)11-18(14)30-37(33,34)20-4-2-3-17-21(20)29-36-28-17/h2-9,11,19,30H,10H2,1H3,(H,27,31)/t19-/m0/s1. The van der Waals surface area contributed by atoms with Crippen LogP contribution in [0.3, 0.4) is 0 Å².